The molecule has 3 rings (SSSR count). The number of carbonyl (C=O) groups excluding carboxylic acids is 1. The van der Waals surface area contributed by atoms with E-state index in [0.29, 0.717) is 17.9 Å². The average molecular weight is 309 g/mol. The minimum Gasteiger partial charge on any atom is -0.366 e. The monoisotopic (exact) mass is 309 g/mol. The predicted octanol–water partition coefficient (Wildman–Crippen LogP) is 1.42. The lowest BCUT2D eigenvalue weighted by Gasteiger charge is -2.24. The second-order valence-electron chi connectivity index (χ2n) is 5.79. The van der Waals surface area contributed by atoms with Crippen molar-refractivity contribution in [3.05, 3.63) is 18.3 Å². The molecule has 1 aromatic rings. The van der Waals surface area contributed by atoms with Gasteiger partial charge in [-0.15, -0.1) is 0 Å². The molecule has 7 heteroatoms. The van der Waals surface area contributed by atoms with Crippen molar-refractivity contribution in [3.63, 3.8) is 0 Å². The zero-order valence-electron chi connectivity index (χ0n) is 11.7. The van der Waals surface area contributed by atoms with Crippen LogP contribution in [0.1, 0.15) is 25.7 Å². The van der Waals surface area contributed by atoms with E-state index >= 15 is 0 Å². The fourth-order valence-corrected chi connectivity index (χ4v) is 4.26. The number of hydrogen-bond donors (Lipinski definition) is 2. The standard InChI is InChI=1S/C14H19N3O3S/c18-14(10-2-1-3-10)17-11-4-5-13(15-8-11)16-12-6-7-21(19,20)9-12/h4-5,8,10,12H,1-3,6-7,9H2,(H,15,16)(H,17,18). The van der Waals surface area contributed by atoms with Crippen LogP contribution >= 0.6 is 0 Å². The molecule has 2 fully saturated rings. The molecule has 1 aromatic heterocycles. The molecule has 1 atom stereocenters. The van der Waals surface area contributed by atoms with Crippen molar-refractivity contribution in [1.29, 1.82) is 0 Å². The lowest BCUT2D eigenvalue weighted by Crippen LogP contribution is -2.28. The van der Waals surface area contributed by atoms with Crippen LogP contribution in [0.3, 0.4) is 0 Å². The molecule has 0 bridgehead atoms. The number of carbonyl (C=O) groups is 1. The number of aromatic nitrogens is 1. The molecule has 0 aromatic carbocycles. The molecule has 2 aliphatic rings. The van der Waals surface area contributed by atoms with Gasteiger partial charge in [-0.1, -0.05) is 6.42 Å². The average Bonchev–Trinajstić information content (AvgIpc) is 2.69. The van der Waals surface area contributed by atoms with Gasteiger partial charge in [0.05, 0.1) is 23.4 Å². The number of sulfone groups is 1. The van der Waals surface area contributed by atoms with E-state index in [9.17, 15) is 13.2 Å². The largest absolute Gasteiger partial charge is 0.366 e. The topological polar surface area (TPSA) is 88.2 Å². The highest BCUT2D eigenvalue weighted by Crippen LogP contribution is 2.27. The molecule has 0 radical (unpaired) electrons. The smallest absolute Gasteiger partial charge is 0.227 e. The molecule has 2 N–H and O–H groups in total. The molecule has 114 valence electrons. The molecular weight excluding hydrogens is 290 g/mol. The summed E-state index contributed by atoms with van der Waals surface area (Å²) >= 11 is 0. The van der Waals surface area contributed by atoms with Crippen molar-refractivity contribution in [2.24, 2.45) is 5.92 Å². The minimum atomic E-state index is -2.89. The molecule has 1 aliphatic heterocycles. The molecule has 6 nitrogen and oxygen atoms in total. The highest BCUT2D eigenvalue weighted by Gasteiger charge is 2.28. The molecule has 1 saturated heterocycles. The Kier molecular flexibility index (Phi) is 3.84. The summed E-state index contributed by atoms with van der Waals surface area (Å²) in [4.78, 5) is 16.0. The molecular formula is C14H19N3O3S. The summed E-state index contributed by atoms with van der Waals surface area (Å²) < 4.78 is 22.8. The first-order valence-electron chi connectivity index (χ1n) is 7.26. The van der Waals surface area contributed by atoms with Crippen LogP contribution in [-0.4, -0.2) is 36.9 Å². The third-order valence-corrected chi connectivity index (χ3v) is 5.86. The van der Waals surface area contributed by atoms with Crippen LogP contribution in [0.25, 0.3) is 0 Å². The van der Waals surface area contributed by atoms with E-state index in [-0.39, 0.29) is 29.4 Å². The maximum Gasteiger partial charge on any atom is 0.227 e. The van der Waals surface area contributed by atoms with Crippen molar-refractivity contribution in [3.8, 4) is 0 Å². The van der Waals surface area contributed by atoms with Crippen LogP contribution in [-0.2, 0) is 14.6 Å². The third-order valence-electron chi connectivity index (χ3n) is 4.09. The van der Waals surface area contributed by atoms with Gasteiger partial charge in [0.15, 0.2) is 9.84 Å². The van der Waals surface area contributed by atoms with Crippen molar-refractivity contribution < 1.29 is 13.2 Å². The quantitative estimate of drug-likeness (QED) is 0.878. The summed E-state index contributed by atoms with van der Waals surface area (Å²) in [5.41, 5.74) is 0.677. The van der Waals surface area contributed by atoms with Gasteiger partial charge in [0, 0.05) is 12.0 Å². The summed E-state index contributed by atoms with van der Waals surface area (Å²) in [7, 11) is -2.89. The highest BCUT2D eigenvalue weighted by atomic mass is 32.2. The van der Waals surface area contributed by atoms with E-state index in [4.69, 9.17) is 0 Å². The molecule has 1 unspecified atom stereocenters. The lowest BCUT2D eigenvalue weighted by atomic mass is 9.85. The van der Waals surface area contributed by atoms with Gasteiger partial charge in [-0.05, 0) is 31.4 Å². The van der Waals surface area contributed by atoms with Crippen LogP contribution in [0.5, 0.6) is 0 Å². The van der Waals surface area contributed by atoms with Crippen LogP contribution in [0.15, 0.2) is 18.3 Å². The normalized spacial score (nSPS) is 24.3. The third kappa shape index (κ3) is 3.53. The first-order valence-corrected chi connectivity index (χ1v) is 9.08. The Bertz CT molecular complexity index is 623. The van der Waals surface area contributed by atoms with E-state index in [2.05, 4.69) is 15.6 Å². The van der Waals surface area contributed by atoms with Gasteiger partial charge in [-0.25, -0.2) is 13.4 Å². The van der Waals surface area contributed by atoms with E-state index in [1.54, 1.807) is 18.3 Å². The fraction of sp³-hybridized carbons (Fsp3) is 0.571. The lowest BCUT2D eigenvalue weighted by molar-refractivity contribution is -0.122. The van der Waals surface area contributed by atoms with Crippen molar-refractivity contribution in [2.45, 2.75) is 31.7 Å². The maximum atomic E-state index is 11.8. The van der Waals surface area contributed by atoms with Crippen LogP contribution in [0.2, 0.25) is 0 Å². The van der Waals surface area contributed by atoms with Crippen LogP contribution < -0.4 is 10.6 Å². The number of nitrogens with zero attached hydrogens (tertiary/aromatic N) is 1. The van der Waals surface area contributed by atoms with E-state index < -0.39 is 9.84 Å². The Morgan fingerprint density at radius 1 is 1.24 bits per heavy atom. The van der Waals surface area contributed by atoms with Crippen molar-refractivity contribution >= 4 is 27.2 Å². The van der Waals surface area contributed by atoms with E-state index in [1.165, 1.54) is 0 Å². The first-order chi connectivity index (χ1) is 10.0. The number of anilines is 2. The van der Waals surface area contributed by atoms with Gasteiger partial charge in [0.2, 0.25) is 5.91 Å². The summed E-state index contributed by atoms with van der Waals surface area (Å²) in [6, 6.07) is 3.48. The van der Waals surface area contributed by atoms with E-state index in [1.807, 2.05) is 0 Å². The maximum absolute atomic E-state index is 11.8. The second kappa shape index (κ2) is 5.63. The van der Waals surface area contributed by atoms with E-state index in [0.717, 1.165) is 19.3 Å². The molecule has 21 heavy (non-hydrogen) atoms. The fourth-order valence-electron chi connectivity index (χ4n) is 2.59. The molecule has 2 heterocycles. The molecule has 1 aliphatic carbocycles. The summed E-state index contributed by atoms with van der Waals surface area (Å²) in [5, 5.41) is 5.97. The highest BCUT2D eigenvalue weighted by molar-refractivity contribution is 7.91. The Morgan fingerprint density at radius 3 is 2.57 bits per heavy atom. The van der Waals surface area contributed by atoms with Crippen molar-refractivity contribution in [1.82, 2.24) is 4.98 Å². The SMILES string of the molecule is O=C(Nc1ccc(NC2CCS(=O)(=O)C2)nc1)C1CCC1. The Balaban J connectivity index is 1.55. The molecule has 0 spiro atoms. The van der Waals surface area contributed by atoms with Crippen LogP contribution in [0.4, 0.5) is 11.5 Å². The van der Waals surface area contributed by atoms with Crippen molar-refractivity contribution in [2.75, 3.05) is 22.1 Å². The summed E-state index contributed by atoms with van der Waals surface area (Å²) in [6.07, 6.45) is 5.28. The number of hydrogen-bond acceptors (Lipinski definition) is 5. The Morgan fingerprint density at radius 2 is 2.05 bits per heavy atom. The predicted molar refractivity (Wildman–Crippen MR) is 80.9 cm³/mol. The van der Waals surface area contributed by atoms with Gasteiger partial charge in [0.1, 0.15) is 5.82 Å². The summed E-state index contributed by atoms with van der Waals surface area (Å²) in [5.74, 6) is 1.24. The minimum absolute atomic E-state index is 0.0608. The zero-order valence-corrected chi connectivity index (χ0v) is 12.5. The van der Waals surface area contributed by atoms with Gasteiger partial charge >= 0.3 is 0 Å². The second-order valence-corrected chi connectivity index (χ2v) is 8.02. The first kappa shape index (κ1) is 14.3. The Labute approximate surface area is 124 Å². The Hall–Kier alpha value is -1.63. The molecule has 1 amide bonds. The van der Waals surface area contributed by atoms with Crippen LogP contribution in [0, 0.1) is 5.92 Å². The van der Waals surface area contributed by atoms with Gasteiger partial charge in [-0.2, -0.15) is 0 Å². The molecule has 1 saturated carbocycles. The van der Waals surface area contributed by atoms with Gasteiger partial charge in [-0.3, -0.25) is 4.79 Å². The number of pyridine rings is 1. The summed E-state index contributed by atoms with van der Waals surface area (Å²) in [6.45, 7) is 0. The van der Waals surface area contributed by atoms with Gasteiger partial charge < -0.3 is 10.6 Å². The number of rotatable bonds is 4. The van der Waals surface area contributed by atoms with Gasteiger partial charge in [0.25, 0.3) is 0 Å². The zero-order chi connectivity index (χ0) is 14.9. The number of nitrogens with one attached hydrogen (secondary N) is 2. The number of amides is 1.